The molecule has 1 aromatic heterocycles. The Morgan fingerprint density at radius 1 is 1.43 bits per heavy atom. The molecule has 1 aromatic carbocycles. The number of hydrogen-bond donors (Lipinski definition) is 2. The fourth-order valence-corrected chi connectivity index (χ4v) is 2.30. The van der Waals surface area contributed by atoms with E-state index in [0.717, 1.165) is 17.0 Å². The molecular formula is C15H20N4O2. The maximum Gasteiger partial charge on any atom is 0.255 e. The summed E-state index contributed by atoms with van der Waals surface area (Å²) in [6.45, 7) is 4.32. The summed E-state index contributed by atoms with van der Waals surface area (Å²) in [5.74, 6) is 0.177. The minimum absolute atomic E-state index is 0.221. The molecule has 0 spiro atoms. The number of aryl methyl sites for hydroxylation is 2. The Kier molecular flexibility index (Phi) is 4.16. The molecule has 0 fully saturated rings. The van der Waals surface area contributed by atoms with Gasteiger partial charge < -0.3 is 15.8 Å². The highest BCUT2D eigenvalue weighted by Crippen LogP contribution is 2.25. The summed E-state index contributed by atoms with van der Waals surface area (Å²) in [6.07, 6.45) is 0. The van der Waals surface area contributed by atoms with E-state index in [9.17, 15) is 4.79 Å². The molecule has 2 rings (SSSR count). The van der Waals surface area contributed by atoms with E-state index < -0.39 is 0 Å². The van der Waals surface area contributed by atoms with Gasteiger partial charge >= 0.3 is 0 Å². The van der Waals surface area contributed by atoms with Crippen molar-refractivity contribution in [3.63, 3.8) is 0 Å². The van der Waals surface area contributed by atoms with E-state index in [1.54, 1.807) is 22.9 Å². The van der Waals surface area contributed by atoms with E-state index in [0.29, 0.717) is 23.5 Å². The molecule has 21 heavy (non-hydrogen) atoms. The number of nitrogens with zero attached hydrogens (tertiary/aromatic N) is 2. The minimum Gasteiger partial charge on any atom is -0.494 e. The molecule has 0 aliphatic heterocycles. The first-order valence-corrected chi connectivity index (χ1v) is 6.65. The van der Waals surface area contributed by atoms with Gasteiger partial charge in [-0.05, 0) is 26.0 Å². The van der Waals surface area contributed by atoms with Crippen molar-refractivity contribution in [3.05, 3.63) is 40.7 Å². The largest absolute Gasteiger partial charge is 0.494 e. The summed E-state index contributed by atoms with van der Waals surface area (Å²) in [6, 6.07) is 5.12. The number of nitrogens with one attached hydrogen (secondary N) is 1. The third-order valence-electron chi connectivity index (χ3n) is 3.58. The number of hydrogen-bond acceptors (Lipinski definition) is 4. The molecule has 0 atom stereocenters. The van der Waals surface area contributed by atoms with Gasteiger partial charge in [0.05, 0.1) is 24.1 Å². The van der Waals surface area contributed by atoms with Crippen molar-refractivity contribution in [1.82, 2.24) is 15.1 Å². The number of nitrogen functional groups attached to an aromatic ring is 1. The van der Waals surface area contributed by atoms with Crippen LogP contribution in [-0.4, -0.2) is 22.8 Å². The number of nitrogens with two attached hydrogens (primary N) is 1. The van der Waals surface area contributed by atoms with Gasteiger partial charge in [-0.25, -0.2) is 0 Å². The molecule has 1 amide bonds. The van der Waals surface area contributed by atoms with Crippen LogP contribution < -0.4 is 15.8 Å². The molecular weight excluding hydrogens is 268 g/mol. The highest BCUT2D eigenvalue weighted by Gasteiger charge is 2.16. The van der Waals surface area contributed by atoms with Crippen molar-refractivity contribution in [1.29, 1.82) is 0 Å². The number of anilines is 1. The average Bonchev–Trinajstić information content (AvgIpc) is 2.69. The molecule has 0 saturated heterocycles. The van der Waals surface area contributed by atoms with Crippen LogP contribution in [-0.2, 0) is 13.6 Å². The Hall–Kier alpha value is -2.50. The first-order chi connectivity index (χ1) is 9.95. The predicted molar refractivity (Wildman–Crippen MR) is 81.3 cm³/mol. The van der Waals surface area contributed by atoms with Crippen LogP contribution in [0.4, 0.5) is 5.69 Å². The molecule has 1 heterocycles. The topological polar surface area (TPSA) is 82.2 Å². The second kappa shape index (κ2) is 5.87. The van der Waals surface area contributed by atoms with Crippen molar-refractivity contribution in [3.8, 4) is 5.75 Å². The summed E-state index contributed by atoms with van der Waals surface area (Å²) in [5.41, 5.74) is 9.65. The number of benzene rings is 1. The smallest absolute Gasteiger partial charge is 0.255 e. The van der Waals surface area contributed by atoms with E-state index >= 15 is 0 Å². The number of amides is 1. The van der Waals surface area contributed by atoms with Crippen molar-refractivity contribution >= 4 is 11.6 Å². The van der Waals surface area contributed by atoms with Crippen LogP contribution in [0.2, 0.25) is 0 Å². The molecule has 2 aromatic rings. The first-order valence-electron chi connectivity index (χ1n) is 6.65. The Bertz CT molecular complexity index is 677. The standard InChI is InChI=1S/C15H20N4O2/c1-9-12(10(2)19(3)18-9)8-17-15(20)11-6-5-7-13(16)14(11)21-4/h5-7H,8,16H2,1-4H3,(H,17,20). The van der Waals surface area contributed by atoms with Gasteiger partial charge in [0.1, 0.15) is 0 Å². The van der Waals surface area contributed by atoms with E-state index in [-0.39, 0.29) is 5.91 Å². The molecule has 112 valence electrons. The highest BCUT2D eigenvalue weighted by atomic mass is 16.5. The average molecular weight is 288 g/mol. The summed E-state index contributed by atoms with van der Waals surface area (Å²) in [4.78, 5) is 12.3. The maximum absolute atomic E-state index is 12.3. The lowest BCUT2D eigenvalue weighted by Gasteiger charge is -2.11. The van der Waals surface area contributed by atoms with Crippen LogP contribution in [0.1, 0.15) is 27.3 Å². The monoisotopic (exact) mass is 288 g/mol. The number of aromatic nitrogens is 2. The molecule has 0 aliphatic carbocycles. The van der Waals surface area contributed by atoms with Gasteiger partial charge in [-0.15, -0.1) is 0 Å². The Morgan fingerprint density at radius 3 is 2.71 bits per heavy atom. The quantitative estimate of drug-likeness (QED) is 0.836. The van der Waals surface area contributed by atoms with Gasteiger partial charge in [0.15, 0.2) is 5.75 Å². The lowest BCUT2D eigenvalue weighted by atomic mass is 10.1. The van der Waals surface area contributed by atoms with Gasteiger partial charge in [0.25, 0.3) is 5.91 Å². The summed E-state index contributed by atoms with van der Waals surface area (Å²) >= 11 is 0. The first kappa shape index (κ1) is 14.9. The van der Waals surface area contributed by atoms with Gasteiger partial charge in [-0.2, -0.15) is 5.10 Å². The third kappa shape index (κ3) is 2.84. The van der Waals surface area contributed by atoms with Crippen LogP contribution in [0.15, 0.2) is 18.2 Å². The summed E-state index contributed by atoms with van der Waals surface area (Å²) < 4.78 is 7.00. The molecule has 0 unspecified atom stereocenters. The number of rotatable bonds is 4. The molecule has 6 heteroatoms. The minimum atomic E-state index is -0.221. The SMILES string of the molecule is COc1c(N)cccc1C(=O)NCc1c(C)nn(C)c1C. The Labute approximate surface area is 123 Å². The van der Waals surface area contributed by atoms with Crippen LogP contribution >= 0.6 is 0 Å². The lowest BCUT2D eigenvalue weighted by molar-refractivity contribution is 0.0948. The second-order valence-electron chi connectivity index (χ2n) is 4.88. The number of para-hydroxylation sites is 1. The zero-order chi connectivity index (χ0) is 15.6. The van der Waals surface area contributed by atoms with E-state index in [1.165, 1.54) is 7.11 Å². The number of ether oxygens (including phenoxy) is 1. The maximum atomic E-state index is 12.3. The Morgan fingerprint density at radius 2 is 2.14 bits per heavy atom. The van der Waals surface area contributed by atoms with Gasteiger partial charge in [-0.3, -0.25) is 9.48 Å². The van der Waals surface area contributed by atoms with E-state index in [1.807, 2.05) is 20.9 Å². The van der Waals surface area contributed by atoms with Crippen LogP contribution in [0.3, 0.4) is 0 Å². The number of methoxy groups -OCH3 is 1. The molecule has 0 bridgehead atoms. The number of carbonyl (C=O) groups is 1. The van der Waals surface area contributed by atoms with Crippen LogP contribution in [0.5, 0.6) is 5.75 Å². The lowest BCUT2D eigenvalue weighted by Crippen LogP contribution is -2.24. The fraction of sp³-hybridized carbons (Fsp3) is 0.333. The molecule has 6 nitrogen and oxygen atoms in total. The van der Waals surface area contributed by atoms with Crippen molar-refractivity contribution in [2.24, 2.45) is 7.05 Å². The van der Waals surface area contributed by atoms with Crippen molar-refractivity contribution < 1.29 is 9.53 Å². The Balaban J connectivity index is 2.18. The molecule has 3 N–H and O–H groups in total. The fourth-order valence-electron chi connectivity index (χ4n) is 2.30. The van der Waals surface area contributed by atoms with E-state index in [4.69, 9.17) is 10.5 Å². The van der Waals surface area contributed by atoms with E-state index in [2.05, 4.69) is 10.4 Å². The summed E-state index contributed by atoms with van der Waals surface area (Å²) in [5, 5.41) is 7.21. The zero-order valence-corrected chi connectivity index (χ0v) is 12.7. The summed E-state index contributed by atoms with van der Waals surface area (Å²) in [7, 11) is 3.38. The molecule has 0 saturated carbocycles. The van der Waals surface area contributed by atoms with Crippen molar-refractivity contribution in [2.45, 2.75) is 20.4 Å². The van der Waals surface area contributed by atoms with Gasteiger partial charge in [-0.1, -0.05) is 6.07 Å². The third-order valence-corrected chi connectivity index (χ3v) is 3.58. The number of carbonyl (C=O) groups excluding carboxylic acids is 1. The second-order valence-corrected chi connectivity index (χ2v) is 4.88. The molecule has 0 radical (unpaired) electrons. The predicted octanol–water partition coefficient (Wildman–Crippen LogP) is 1.56. The normalized spacial score (nSPS) is 10.5. The zero-order valence-electron chi connectivity index (χ0n) is 12.7. The van der Waals surface area contributed by atoms with Crippen LogP contribution in [0.25, 0.3) is 0 Å². The van der Waals surface area contributed by atoms with Gasteiger partial charge in [0.2, 0.25) is 0 Å². The van der Waals surface area contributed by atoms with Crippen molar-refractivity contribution in [2.75, 3.05) is 12.8 Å². The highest BCUT2D eigenvalue weighted by molar-refractivity contribution is 5.98. The van der Waals surface area contributed by atoms with Gasteiger partial charge in [0, 0.05) is 24.8 Å². The molecule has 0 aliphatic rings. The van der Waals surface area contributed by atoms with Crippen LogP contribution in [0, 0.1) is 13.8 Å².